The number of hydrogen-bond acceptors (Lipinski definition) is 3. The smallest absolute Gasteiger partial charge is 0.332 e. The zero-order valence-electron chi connectivity index (χ0n) is 8.11. The number of ether oxygens (including phenoxy) is 1. The summed E-state index contributed by atoms with van der Waals surface area (Å²) in [5.74, 6) is -0.783. The predicted octanol–water partition coefficient (Wildman–Crippen LogP) is 1.34. The van der Waals surface area contributed by atoms with E-state index in [0.717, 1.165) is 0 Å². The lowest BCUT2D eigenvalue weighted by Crippen LogP contribution is -2.22. The van der Waals surface area contributed by atoms with Crippen molar-refractivity contribution in [1.82, 2.24) is 0 Å². The number of methoxy groups -OCH3 is 1. The molecular weight excluding hydrogens is 220 g/mol. The van der Waals surface area contributed by atoms with Gasteiger partial charge >= 0.3 is 5.97 Å². The van der Waals surface area contributed by atoms with Gasteiger partial charge in [-0.1, -0.05) is 17.7 Å². The van der Waals surface area contributed by atoms with Gasteiger partial charge in [-0.2, -0.15) is 0 Å². The monoisotopic (exact) mass is 230 g/mol. The number of hydrogen-bond donors (Lipinski definition) is 2. The van der Waals surface area contributed by atoms with E-state index in [1.807, 2.05) is 0 Å². The largest absolute Gasteiger partial charge is 0.496 e. The molecule has 1 unspecified atom stereocenters. The summed E-state index contributed by atoms with van der Waals surface area (Å²) >= 11 is 5.74. The summed E-state index contributed by atoms with van der Waals surface area (Å²) in [6.45, 7) is 0. The average molecular weight is 231 g/mol. The van der Waals surface area contributed by atoms with Crippen LogP contribution in [-0.2, 0) is 11.2 Å². The molecular formula is C10H11ClO4. The minimum absolute atomic E-state index is 0.00429. The van der Waals surface area contributed by atoms with Gasteiger partial charge in [0.15, 0.2) is 6.10 Å². The average Bonchev–Trinajstić information content (AvgIpc) is 2.20. The quantitative estimate of drug-likeness (QED) is 0.819. The second-order valence-electron chi connectivity index (χ2n) is 3.01. The van der Waals surface area contributed by atoms with Crippen LogP contribution in [0.2, 0.25) is 5.02 Å². The van der Waals surface area contributed by atoms with Crippen LogP contribution in [0.1, 0.15) is 5.56 Å². The van der Waals surface area contributed by atoms with Gasteiger partial charge in [0, 0.05) is 11.4 Å². The number of aliphatic carboxylic acids is 1. The maximum Gasteiger partial charge on any atom is 0.332 e. The highest BCUT2D eigenvalue weighted by Crippen LogP contribution is 2.24. The van der Waals surface area contributed by atoms with Crippen LogP contribution in [0.25, 0.3) is 0 Å². The van der Waals surface area contributed by atoms with Gasteiger partial charge in [-0.15, -0.1) is 0 Å². The van der Waals surface area contributed by atoms with Crippen LogP contribution in [-0.4, -0.2) is 29.4 Å². The minimum Gasteiger partial charge on any atom is -0.496 e. The Hall–Kier alpha value is -1.26. The molecule has 0 radical (unpaired) electrons. The summed E-state index contributed by atoms with van der Waals surface area (Å²) in [6, 6.07) is 4.83. The highest BCUT2D eigenvalue weighted by Gasteiger charge is 2.16. The van der Waals surface area contributed by atoms with E-state index in [1.54, 1.807) is 18.2 Å². The molecule has 0 aromatic heterocycles. The number of rotatable bonds is 4. The van der Waals surface area contributed by atoms with Crippen molar-refractivity contribution in [3.63, 3.8) is 0 Å². The lowest BCUT2D eigenvalue weighted by Gasteiger charge is -2.10. The Bertz CT molecular complexity index is 364. The molecule has 0 aliphatic carbocycles. The first kappa shape index (κ1) is 11.8. The second kappa shape index (κ2) is 5.00. The fourth-order valence-electron chi connectivity index (χ4n) is 1.18. The number of carbonyl (C=O) groups is 1. The van der Waals surface area contributed by atoms with E-state index in [1.165, 1.54) is 7.11 Å². The van der Waals surface area contributed by atoms with E-state index in [-0.39, 0.29) is 6.42 Å². The number of carboxylic acids is 1. The van der Waals surface area contributed by atoms with Gasteiger partial charge in [0.25, 0.3) is 0 Å². The third-order valence-corrected chi connectivity index (χ3v) is 2.18. The number of aliphatic hydroxyl groups is 1. The second-order valence-corrected chi connectivity index (χ2v) is 3.45. The Balaban J connectivity index is 2.89. The van der Waals surface area contributed by atoms with Gasteiger partial charge in [-0.25, -0.2) is 4.79 Å². The first-order chi connectivity index (χ1) is 7.04. The lowest BCUT2D eigenvalue weighted by atomic mass is 10.1. The van der Waals surface area contributed by atoms with Gasteiger partial charge in [-0.3, -0.25) is 0 Å². The Morgan fingerprint density at radius 1 is 1.60 bits per heavy atom. The van der Waals surface area contributed by atoms with E-state index < -0.39 is 12.1 Å². The van der Waals surface area contributed by atoms with Gasteiger partial charge in [0.2, 0.25) is 0 Å². The number of aliphatic hydroxyl groups excluding tert-OH is 1. The van der Waals surface area contributed by atoms with Gasteiger partial charge in [0.1, 0.15) is 5.75 Å². The number of carboxylic acid groups (broad SMARTS) is 1. The van der Waals surface area contributed by atoms with Gasteiger partial charge < -0.3 is 14.9 Å². The lowest BCUT2D eigenvalue weighted by molar-refractivity contribution is -0.146. The zero-order valence-corrected chi connectivity index (χ0v) is 8.86. The summed E-state index contributed by atoms with van der Waals surface area (Å²) in [6.07, 6.45) is -1.43. The molecule has 1 atom stereocenters. The fraction of sp³-hybridized carbons (Fsp3) is 0.300. The molecule has 1 aromatic rings. The van der Waals surface area contributed by atoms with Gasteiger partial charge in [-0.05, 0) is 17.7 Å². The maximum absolute atomic E-state index is 10.5. The van der Waals surface area contributed by atoms with Crippen LogP contribution in [0.4, 0.5) is 0 Å². The molecule has 0 fully saturated rings. The van der Waals surface area contributed by atoms with Crippen molar-refractivity contribution in [2.75, 3.05) is 7.11 Å². The molecule has 0 saturated carbocycles. The zero-order chi connectivity index (χ0) is 11.4. The molecule has 0 aliphatic rings. The van der Waals surface area contributed by atoms with E-state index in [9.17, 15) is 9.90 Å². The van der Waals surface area contributed by atoms with Crippen LogP contribution in [0.15, 0.2) is 18.2 Å². The van der Waals surface area contributed by atoms with E-state index in [0.29, 0.717) is 16.3 Å². The SMILES string of the molecule is COc1cc(Cl)ccc1CC(O)C(=O)O. The molecule has 1 rings (SSSR count). The molecule has 0 spiro atoms. The van der Waals surface area contributed by atoms with Crippen molar-refractivity contribution in [3.8, 4) is 5.75 Å². The minimum atomic E-state index is -1.43. The molecule has 0 saturated heterocycles. The van der Waals surface area contributed by atoms with Gasteiger partial charge in [0.05, 0.1) is 7.11 Å². The normalized spacial score (nSPS) is 12.2. The molecule has 0 heterocycles. The predicted molar refractivity (Wildman–Crippen MR) is 55.4 cm³/mol. The summed E-state index contributed by atoms with van der Waals surface area (Å²) in [4.78, 5) is 10.5. The molecule has 0 bridgehead atoms. The summed E-state index contributed by atoms with van der Waals surface area (Å²) in [7, 11) is 1.46. The molecule has 0 aliphatic heterocycles. The molecule has 82 valence electrons. The molecule has 4 nitrogen and oxygen atoms in total. The van der Waals surface area contributed by atoms with Crippen molar-refractivity contribution < 1.29 is 19.7 Å². The third kappa shape index (κ3) is 3.11. The summed E-state index contributed by atoms with van der Waals surface area (Å²) < 4.78 is 5.02. The van der Waals surface area contributed by atoms with Crippen LogP contribution >= 0.6 is 11.6 Å². The third-order valence-electron chi connectivity index (χ3n) is 1.95. The van der Waals surface area contributed by atoms with Crippen LogP contribution in [0.5, 0.6) is 5.75 Å². The van der Waals surface area contributed by atoms with Crippen molar-refractivity contribution in [1.29, 1.82) is 0 Å². The molecule has 5 heteroatoms. The Morgan fingerprint density at radius 2 is 2.27 bits per heavy atom. The highest BCUT2D eigenvalue weighted by molar-refractivity contribution is 6.30. The van der Waals surface area contributed by atoms with Crippen molar-refractivity contribution in [3.05, 3.63) is 28.8 Å². The van der Waals surface area contributed by atoms with Crippen molar-refractivity contribution in [2.45, 2.75) is 12.5 Å². The van der Waals surface area contributed by atoms with Crippen molar-refractivity contribution >= 4 is 17.6 Å². The fourth-order valence-corrected chi connectivity index (χ4v) is 1.34. The first-order valence-electron chi connectivity index (χ1n) is 4.28. The van der Waals surface area contributed by atoms with Crippen molar-refractivity contribution in [2.24, 2.45) is 0 Å². The molecule has 2 N–H and O–H groups in total. The maximum atomic E-state index is 10.5. The summed E-state index contributed by atoms with van der Waals surface area (Å²) in [5, 5.41) is 18.2. The standard InChI is InChI=1S/C10H11ClO4/c1-15-9-5-7(11)3-2-6(9)4-8(12)10(13)14/h2-3,5,8,12H,4H2,1H3,(H,13,14). The van der Waals surface area contributed by atoms with Crippen LogP contribution < -0.4 is 4.74 Å². The highest BCUT2D eigenvalue weighted by atomic mass is 35.5. The number of benzene rings is 1. The van der Waals surface area contributed by atoms with E-state index in [2.05, 4.69) is 0 Å². The molecule has 0 amide bonds. The first-order valence-corrected chi connectivity index (χ1v) is 4.65. The molecule has 1 aromatic carbocycles. The van der Waals surface area contributed by atoms with E-state index >= 15 is 0 Å². The summed E-state index contributed by atoms with van der Waals surface area (Å²) in [5.41, 5.74) is 0.608. The number of halogens is 1. The van der Waals surface area contributed by atoms with Crippen LogP contribution in [0, 0.1) is 0 Å². The topological polar surface area (TPSA) is 66.8 Å². The van der Waals surface area contributed by atoms with E-state index in [4.69, 9.17) is 21.4 Å². The Morgan fingerprint density at radius 3 is 2.80 bits per heavy atom. The molecule has 15 heavy (non-hydrogen) atoms. The Kier molecular flexibility index (Phi) is 3.94. The Labute approximate surface area is 92.1 Å². The van der Waals surface area contributed by atoms with Crippen LogP contribution in [0.3, 0.4) is 0 Å².